The van der Waals surface area contributed by atoms with Crippen molar-refractivity contribution in [1.82, 2.24) is 29.3 Å². The van der Waals surface area contributed by atoms with Crippen LogP contribution in [-0.2, 0) is 19.8 Å². The number of piperazine rings is 1. The van der Waals surface area contributed by atoms with Crippen LogP contribution < -0.4 is 0 Å². The van der Waals surface area contributed by atoms with Crippen LogP contribution in [0.25, 0.3) is 11.4 Å². The Labute approximate surface area is 176 Å². The third-order valence-electron chi connectivity index (χ3n) is 5.38. The normalized spacial score (nSPS) is 15.8. The van der Waals surface area contributed by atoms with Crippen LogP contribution >= 0.6 is 12.2 Å². The zero-order valence-electron chi connectivity index (χ0n) is 17.3. The van der Waals surface area contributed by atoms with Crippen molar-refractivity contribution in [2.24, 2.45) is 0 Å². The summed E-state index contributed by atoms with van der Waals surface area (Å²) >= 11 is 5.73. The van der Waals surface area contributed by atoms with Gasteiger partial charge in [-0.2, -0.15) is 5.10 Å². The Kier molecular flexibility index (Phi) is 5.94. The first-order chi connectivity index (χ1) is 14.0. The first-order valence-electron chi connectivity index (χ1n) is 10.1. The van der Waals surface area contributed by atoms with Gasteiger partial charge < -0.3 is 9.09 Å². The van der Waals surface area contributed by atoms with Crippen molar-refractivity contribution in [3.8, 4) is 11.4 Å². The lowest BCUT2D eigenvalue weighted by Crippen LogP contribution is -2.46. The minimum atomic E-state index is 0.724. The van der Waals surface area contributed by atoms with Gasteiger partial charge in [-0.25, -0.2) is 4.68 Å². The van der Waals surface area contributed by atoms with Gasteiger partial charge in [-0.1, -0.05) is 28.9 Å². The second kappa shape index (κ2) is 8.61. The molecule has 7 nitrogen and oxygen atoms in total. The Bertz CT molecular complexity index is 1030. The molecule has 0 unspecified atom stereocenters. The third-order valence-corrected chi connectivity index (χ3v) is 5.81. The second-order valence-corrected chi connectivity index (χ2v) is 8.05. The van der Waals surface area contributed by atoms with Gasteiger partial charge in [0.1, 0.15) is 5.76 Å². The molecule has 1 aliphatic rings. The van der Waals surface area contributed by atoms with Crippen molar-refractivity contribution in [3.63, 3.8) is 0 Å². The number of hydrogen-bond donors (Lipinski definition) is 0. The molecule has 0 atom stereocenters. The molecule has 0 amide bonds. The molecule has 8 heteroatoms. The lowest BCUT2D eigenvalue weighted by Gasteiger charge is -2.33. The summed E-state index contributed by atoms with van der Waals surface area (Å²) in [5.74, 6) is 1.81. The topological polar surface area (TPSA) is 55.3 Å². The summed E-state index contributed by atoms with van der Waals surface area (Å²) < 4.78 is 10.0. The molecule has 1 fully saturated rings. The monoisotopic (exact) mass is 412 g/mol. The van der Waals surface area contributed by atoms with Crippen LogP contribution in [0.15, 0.2) is 34.9 Å². The number of rotatable bonds is 6. The molecule has 0 spiro atoms. The van der Waals surface area contributed by atoms with E-state index in [2.05, 4.69) is 57.6 Å². The first kappa shape index (κ1) is 20.0. The Hall–Kier alpha value is -2.29. The van der Waals surface area contributed by atoms with Crippen LogP contribution in [0.2, 0.25) is 0 Å². The number of hydrogen-bond acceptors (Lipinski definition) is 6. The second-order valence-electron chi connectivity index (χ2n) is 7.68. The van der Waals surface area contributed by atoms with E-state index in [1.165, 1.54) is 5.56 Å². The Balaban J connectivity index is 1.43. The molecule has 4 rings (SSSR count). The maximum atomic E-state index is 5.73. The summed E-state index contributed by atoms with van der Waals surface area (Å²) in [5, 5.41) is 8.98. The number of aryl methyl sites for hydroxylation is 2. The SMILES string of the molecule is CCn1c(-c2cccc(C)c2)nn(CN2CCN(Cc3cc(C)on3)CC2)c1=S. The highest BCUT2D eigenvalue weighted by Gasteiger charge is 2.20. The van der Waals surface area contributed by atoms with Gasteiger partial charge in [0.15, 0.2) is 10.6 Å². The van der Waals surface area contributed by atoms with Crippen LogP contribution in [0.3, 0.4) is 0 Å². The molecule has 0 radical (unpaired) electrons. The molecule has 1 saturated heterocycles. The van der Waals surface area contributed by atoms with Gasteiger partial charge in [-0.3, -0.25) is 9.80 Å². The van der Waals surface area contributed by atoms with Crippen LogP contribution in [-0.4, -0.2) is 55.5 Å². The largest absolute Gasteiger partial charge is 0.361 e. The fourth-order valence-corrected chi connectivity index (χ4v) is 4.13. The average molecular weight is 413 g/mol. The van der Waals surface area contributed by atoms with Gasteiger partial charge in [0.2, 0.25) is 0 Å². The van der Waals surface area contributed by atoms with E-state index in [9.17, 15) is 0 Å². The summed E-state index contributed by atoms with van der Waals surface area (Å²) in [5.41, 5.74) is 3.34. The molecule has 0 N–H and O–H groups in total. The van der Waals surface area contributed by atoms with E-state index >= 15 is 0 Å². The lowest BCUT2D eigenvalue weighted by molar-refractivity contribution is 0.0965. The fraction of sp³-hybridized carbons (Fsp3) is 0.476. The van der Waals surface area contributed by atoms with E-state index in [1.807, 2.05) is 17.7 Å². The molecule has 154 valence electrons. The van der Waals surface area contributed by atoms with Crippen molar-refractivity contribution in [2.75, 3.05) is 26.2 Å². The first-order valence-corrected chi connectivity index (χ1v) is 10.6. The molecule has 2 aromatic heterocycles. The number of nitrogens with zero attached hydrogens (tertiary/aromatic N) is 6. The number of benzene rings is 1. The molecule has 29 heavy (non-hydrogen) atoms. The number of aromatic nitrogens is 4. The lowest BCUT2D eigenvalue weighted by atomic mass is 10.1. The zero-order chi connectivity index (χ0) is 20.4. The standard InChI is InChI=1S/C21H28N6OS/c1-4-26-20(18-7-5-6-16(2)12-18)22-27(21(26)29)15-25-10-8-24(9-11-25)14-19-13-17(3)28-23-19/h5-7,12-13H,4,8-11,14-15H2,1-3H3. The van der Waals surface area contributed by atoms with Gasteiger partial charge >= 0.3 is 0 Å². The molecule has 3 heterocycles. The quantitative estimate of drug-likeness (QED) is 0.578. The van der Waals surface area contributed by atoms with Crippen LogP contribution in [0.1, 0.15) is 23.9 Å². The summed E-state index contributed by atoms with van der Waals surface area (Å²) in [6.07, 6.45) is 0. The molecule has 0 bridgehead atoms. The van der Waals surface area contributed by atoms with Gasteiger partial charge in [-0.05, 0) is 39.1 Å². The van der Waals surface area contributed by atoms with Crippen molar-refractivity contribution in [3.05, 3.63) is 52.1 Å². The summed E-state index contributed by atoms with van der Waals surface area (Å²) in [7, 11) is 0. The van der Waals surface area contributed by atoms with Crippen molar-refractivity contribution >= 4 is 12.2 Å². The van der Waals surface area contributed by atoms with Crippen LogP contribution in [0.4, 0.5) is 0 Å². The molecular formula is C21H28N6OS. The average Bonchev–Trinajstić information content (AvgIpc) is 3.26. The predicted molar refractivity (Wildman–Crippen MR) is 115 cm³/mol. The van der Waals surface area contributed by atoms with Crippen LogP contribution in [0.5, 0.6) is 0 Å². The van der Waals surface area contributed by atoms with Crippen molar-refractivity contribution in [1.29, 1.82) is 0 Å². The molecule has 0 aliphatic carbocycles. The molecular weight excluding hydrogens is 384 g/mol. The minimum Gasteiger partial charge on any atom is -0.361 e. The molecule has 0 saturated carbocycles. The Morgan fingerprint density at radius 3 is 2.48 bits per heavy atom. The minimum absolute atomic E-state index is 0.724. The van der Waals surface area contributed by atoms with Crippen LogP contribution in [0, 0.1) is 18.6 Å². The van der Waals surface area contributed by atoms with Crippen molar-refractivity contribution < 1.29 is 4.52 Å². The summed E-state index contributed by atoms with van der Waals surface area (Å²) in [4.78, 5) is 4.82. The zero-order valence-corrected chi connectivity index (χ0v) is 18.2. The summed E-state index contributed by atoms with van der Waals surface area (Å²) in [6, 6.07) is 10.5. The maximum Gasteiger partial charge on any atom is 0.199 e. The maximum absolute atomic E-state index is 5.73. The molecule has 1 aliphatic heterocycles. The van der Waals surface area contributed by atoms with E-state index in [0.29, 0.717) is 0 Å². The Morgan fingerprint density at radius 2 is 1.83 bits per heavy atom. The van der Waals surface area contributed by atoms with Gasteiger partial charge in [-0.15, -0.1) is 0 Å². The van der Waals surface area contributed by atoms with E-state index in [1.54, 1.807) is 0 Å². The highest BCUT2D eigenvalue weighted by molar-refractivity contribution is 7.71. The predicted octanol–water partition coefficient (Wildman–Crippen LogP) is 3.48. The van der Waals surface area contributed by atoms with E-state index < -0.39 is 0 Å². The van der Waals surface area contributed by atoms with Crippen molar-refractivity contribution in [2.45, 2.75) is 40.5 Å². The van der Waals surface area contributed by atoms with E-state index in [-0.39, 0.29) is 0 Å². The van der Waals surface area contributed by atoms with E-state index in [4.69, 9.17) is 21.8 Å². The molecule has 3 aromatic rings. The van der Waals surface area contributed by atoms with E-state index in [0.717, 1.165) is 73.6 Å². The smallest absolute Gasteiger partial charge is 0.199 e. The highest BCUT2D eigenvalue weighted by atomic mass is 32.1. The van der Waals surface area contributed by atoms with Gasteiger partial charge in [0, 0.05) is 50.9 Å². The Morgan fingerprint density at radius 1 is 1.07 bits per heavy atom. The fourth-order valence-electron chi connectivity index (χ4n) is 3.82. The molecule has 1 aromatic carbocycles. The highest BCUT2D eigenvalue weighted by Crippen LogP contribution is 2.20. The van der Waals surface area contributed by atoms with Gasteiger partial charge in [0.25, 0.3) is 0 Å². The summed E-state index contributed by atoms with van der Waals surface area (Å²) in [6.45, 7) is 12.5. The third kappa shape index (κ3) is 4.49. The van der Waals surface area contributed by atoms with Gasteiger partial charge in [0.05, 0.1) is 12.4 Å².